The minimum atomic E-state index is -0.865. The lowest BCUT2D eigenvalue weighted by Crippen LogP contribution is -2.54. The van der Waals surface area contributed by atoms with Crippen LogP contribution in [0.25, 0.3) is 0 Å². The molecule has 5 amide bonds. The summed E-state index contributed by atoms with van der Waals surface area (Å²) in [4.78, 5) is 56.4. The Morgan fingerprint density at radius 3 is 2.11 bits per heavy atom. The minimum absolute atomic E-state index is 0.0392. The Balaban J connectivity index is 1.30. The third kappa shape index (κ3) is 5.00. The fourth-order valence-electron chi connectivity index (χ4n) is 5.80. The molecule has 1 aromatic rings. The molecule has 8 heteroatoms. The van der Waals surface area contributed by atoms with Crippen molar-refractivity contribution in [1.29, 1.82) is 0 Å². The van der Waals surface area contributed by atoms with Crippen LogP contribution in [0.2, 0.25) is 0 Å². The first-order valence-electron chi connectivity index (χ1n) is 13.4. The third-order valence-electron chi connectivity index (χ3n) is 8.92. The molecule has 1 aliphatic carbocycles. The molecule has 2 aliphatic heterocycles. The van der Waals surface area contributed by atoms with Crippen molar-refractivity contribution in [3.8, 4) is 0 Å². The largest absolute Gasteiger partial charge is 0.338 e. The van der Waals surface area contributed by atoms with Gasteiger partial charge in [-0.3, -0.25) is 19.3 Å². The highest BCUT2D eigenvalue weighted by atomic mass is 16.2. The highest BCUT2D eigenvalue weighted by Crippen LogP contribution is 2.45. The Morgan fingerprint density at radius 2 is 1.56 bits per heavy atom. The fourth-order valence-corrected chi connectivity index (χ4v) is 5.80. The molecule has 3 fully saturated rings. The second-order valence-corrected chi connectivity index (χ2v) is 11.2. The van der Waals surface area contributed by atoms with Crippen molar-refractivity contribution in [1.82, 2.24) is 20.0 Å². The lowest BCUT2D eigenvalue weighted by atomic mass is 9.65. The van der Waals surface area contributed by atoms with Crippen molar-refractivity contribution in [3.63, 3.8) is 0 Å². The summed E-state index contributed by atoms with van der Waals surface area (Å²) in [6.07, 6.45) is 5.03. The molecule has 1 saturated carbocycles. The summed E-state index contributed by atoms with van der Waals surface area (Å²) in [5, 5.41) is 2.93. The molecule has 1 spiro atoms. The first-order valence-corrected chi connectivity index (χ1v) is 13.4. The average molecular weight is 497 g/mol. The molecule has 36 heavy (non-hydrogen) atoms. The second kappa shape index (κ2) is 10.2. The van der Waals surface area contributed by atoms with E-state index in [1.807, 2.05) is 24.3 Å². The van der Waals surface area contributed by atoms with Crippen LogP contribution in [0.3, 0.4) is 0 Å². The van der Waals surface area contributed by atoms with Crippen LogP contribution in [-0.4, -0.2) is 76.7 Å². The van der Waals surface area contributed by atoms with Gasteiger partial charge >= 0.3 is 6.03 Å². The quantitative estimate of drug-likeness (QED) is 0.611. The van der Waals surface area contributed by atoms with E-state index in [4.69, 9.17) is 0 Å². The zero-order chi connectivity index (χ0) is 26.1. The lowest BCUT2D eigenvalue weighted by molar-refractivity contribution is -0.140. The monoisotopic (exact) mass is 496 g/mol. The van der Waals surface area contributed by atoms with Crippen molar-refractivity contribution >= 4 is 23.8 Å². The summed E-state index contributed by atoms with van der Waals surface area (Å²) in [5.41, 5.74) is 1.18. The number of nitrogens with one attached hydrogen (secondary N) is 1. The summed E-state index contributed by atoms with van der Waals surface area (Å²) in [5.74, 6) is -0.0339. The predicted molar refractivity (Wildman–Crippen MR) is 137 cm³/mol. The van der Waals surface area contributed by atoms with Crippen molar-refractivity contribution in [2.24, 2.45) is 11.3 Å². The van der Waals surface area contributed by atoms with E-state index in [1.54, 1.807) is 9.80 Å². The van der Waals surface area contributed by atoms with E-state index in [-0.39, 0.29) is 29.7 Å². The number of hydrogen-bond donors (Lipinski definition) is 1. The van der Waals surface area contributed by atoms with E-state index in [2.05, 4.69) is 33.0 Å². The van der Waals surface area contributed by atoms with Crippen LogP contribution in [0.15, 0.2) is 24.3 Å². The number of amides is 5. The number of piperazine rings is 1. The number of urea groups is 1. The number of benzene rings is 1. The van der Waals surface area contributed by atoms with E-state index in [0.717, 1.165) is 30.6 Å². The molecule has 0 bridgehead atoms. The highest BCUT2D eigenvalue weighted by Gasteiger charge is 2.54. The number of hydrogen-bond acceptors (Lipinski definition) is 4. The SMILES string of the molecule is CCc1ccc(C(=O)N2CCN(C(=O)CN3C(=O)NC4(CCC(C(C)(C)CC)CC4)C3=O)CC2)cc1. The van der Waals surface area contributed by atoms with E-state index in [0.29, 0.717) is 50.5 Å². The molecule has 0 radical (unpaired) electrons. The van der Waals surface area contributed by atoms with Gasteiger partial charge in [0.15, 0.2) is 0 Å². The first-order chi connectivity index (χ1) is 17.1. The molecule has 0 aromatic heterocycles. The van der Waals surface area contributed by atoms with Crippen molar-refractivity contribution in [3.05, 3.63) is 35.4 Å². The highest BCUT2D eigenvalue weighted by molar-refractivity contribution is 6.09. The van der Waals surface area contributed by atoms with Gasteiger partial charge in [0.05, 0.1) is 0 Å². The maximum Gasteiger partial charge on any atom is 0.325 e. The van der Waals surface area contributed by atoms with Gasteiger partial charge in [-0.15, -0.1) is 0 Å². The molecule has 8 nitrogen and oxygen atoms in total. The molecule has 3 aliphatic rings. The maximum atomic E-state index is 13.3. The zero-order valence-corrected chi connectivity index (χ0v) is 22.1. The number of aryl methyl sites for hydroxylation is 1. The van der Waals surface area contributed by atoms with Gasteiger partial charge in [0.25, 0.3) is 11.8 Å². The normalized spacial score (nSPS) is 24.9. The topological polar surface area (TPSA) is 90.0 Å². The van der Waals surface area contributed by atoms with Gasteiger partial charge in [0.1, 0.15) is 12.1 Å². The van der Waals surface area contributed by atoms with E-state index in [1.165, 1.54) is 5.56 Å². The third-order valence-corrected chi connectivity index (χ3v) is 8.92. The minimum Gasteiger partial charge on any atom is -0.338 e. The smallest absolute Gasteiger partial charge is 0.325 e. The van der Waals surface area contributed by atoms with Gasteiger partial charge in [-0.05, 0) is 61.1 Å². The zero-order valence-electron chi connectivity index (χ0n) is 22.1. The lowest BCUT2D eigenvalue weighted by Gasteiger charge is -2.42. The van der Waals surface area contributed by atoms with Crippen LogP contribution in [0, 0.1) is 11.3 Å². The molecule has 0 unspecified atom stereocenters. The molecule has 1 aromatic carbocycles. The van der Waals surface area contributed by atoms with E-state index >= 15 is 0 Å². The average Bonchev–Trinajstić information content (AvgIpc) is 3.12. The standard InChI is InChI=1S/C28H40N4O4/c1-5-20-7-9-21(10-8-20)24(34)31-17-15-30(16-18-31)23(33)19-32-25(35)28(29-26(32)36)13-11-22(12-14-28)27(3,4)6-2/h7-10,22H,5-6,11-19H2,1-4H3,(H,29,36). The fraction of sp³-hybridized carbons (Fsp3) is 0.643. The molecular weight excluding hydrogens is 456 g/mol. The predicted octanol–water partition coefficient (Wildman–Crippen LogP) is 3.45. The summed E-state index contributed by atoms with van der Waals surface area (Å²) in [6.45, 7) is 10.2. The van der Waals surface area contributed by atoms with Crippen LogP contribution >= 0.6 is 0 Å². The summed E-state index contributed by atoms with van der Waals surface area (Å²) >= 11 is 0. The number of imide groups is 1. The molecule has 2 heterocycles. The van der Waals surface area contributed by atoms with Crippen LogP contribution in [0.4, 0.5) is 4.79 Å². The van der Waals surface area contributed by atoms with Gasteiger partial charge < -0.3 is 15.1 Å². The van der Waals surface area contributed by atoms with E-state index in [9.17, 15) is 19.2 Å². The van der Waals surface area contributed by atoms with Crippen LogP contribution < -0.4 is 5.32 Å². The van der Waals surface area contributed by atoms with Crippen LogP contribution in [0.5, 0.6) is 0 Å². The summed E-state index contributed by atoms with van der Waals surface area (Å²) in [6, 6.07) is 7.17. The van der Waals surface area contributed by atoms with Crippen molar-refractivity contribution in [2.75, 3.05) is 32.7 Å². The van der Waals surface area contributed by atoms with Gasteiger partial charge in [-0.2, -0.15) is 0 Å². The maximum absolute atomic E-state index is 13.3. The van der Waals surface area contributed by atoms with Gasteiger partial charge in [-0.1, -0.05) is 46.2 Å². The molecule has 4 rings (SSSR count). The molecule has 2 saturated heterocycles. The van der Waals surface area contributed by atoms with E-state index < -0.39 is 11.6 Å². The number of nitrogens with zero attached hydrogens (tertiary/aromatic N) is 3. The van der Waals surface area contributed by atoms with Crippen LogP contribution in [-0.2, 0) is 16.0 Å². The molecular formula is C28H40N4O4. The molecule has 1 N–H and O–H groups in total. The number of carbonyl (C=O) groups excluding carboxylic acids is 4. The molecule has 196 valence electrons. The Kier molecular flexibility index (Phi) is 7.43. The molecule has 0 atom stereocenters. The van der Waals surface area contributed by atoms with Gasteiger partial charge in [0, 0.05) is 31.7 Å². The number of carbonyl (C=O) groups is 4. The van der Waals surface area contributed by atoms with Gasteiger partial charge in [-0.25, -0.2) is 4.79 Å². The van der Waals surface area contributed by atoms with Gasteiger partial charge in [0.2, 0.25) is 5.91 Å². The Bertz CT molecular complexity index is 1000. The van der Waals surface area contributed by atoms with Crippen LogP contribution in [0.1, 0.15) is 75.7 Å². The Hall–Kier alpha value is -2.90. The van der Waals surface area contributed by atoms with Crippen molar-refractivity contribution < 1.29 is 19.2 Å². The first kappa shape index (κ1) is 26.2. The summed E-state index contributed by atoms with van der Waals surface area (Å²) < 4.78 is 0. The summed E-state index contributed by atoms with van der Waals surface area (Å²) in [7, 11) is 0. The van der Waals surface area contributed by atoms with Crippen molar-refractivity contribution in [2.45, 2.75) is 71.8 Å². The second-order valence-electron chi connectivity index (χ2n) is 11.2. The Morgan fingerprint density at radius 1 is 0.972 bits per heavy atom. The number of rotatable bonds is 6. The Labute approximate surface area is 214 Å².